The van der Waals surface area contributed by atoms with Gasteiger partial charge in [-0.3, -0.25) is 4.98 Å². The van der Waals surface area contributed by atoms with E-state index in [9.17, 15) is 0 Å². The molecule has 120 valence electrons. The quantitative estimate of drug-likeness (QED) is 0.459. The fourth-order valence-electron chi connectivity index (χ4n) is 2.17. The Balaban J connectivity index is 1.78. The summed E-state index contributed by atoms with van der Waals surface area (Å²) in [5, 5.41) is 11.8. The van der Waals surface area contributed by atoms with Crippen molar-refractivity contribution in [1.82, 2.24) is 19.7 Å². The van der Waals surface area contributed by atoms with E-state index in [2.05, 4.69) is 31.2 Å². The van der Waals surface area contributed by atoms with Gasteiger partial charge in [-0.15, -0.1) is 21.5 Å². The molecule has 5 nitrogen and oxygen atoms in total. The van der Waals surface area contributed by atoms with Gasteiger partial charge in [-0.1, -0.05) is 23.9 Å². The summed E-state index contributed by atoms with van der Waals surface area (Å²) in [7, 11) is 1.73. The van der Waals surface area contributed by atoms with Gasteiger partial charge in [0.15, 0.2) is 11.0 Å². The molecule has 0 aromatic carbocycles. The van der Waals surface area contributed by atoms with Crippen LogP contribution >= 0.6 is 23.1 Å². The van der Waals surface area contributed by atoms with Crippen LogP contribution in [0, 0.1) is 0 Å². The van der Waals surface area contributed by atoms with Crippen LogP contribution in [0.15, 0.2) is 47.1 Å². The largest absolute Gasteiger partial charge is 0.385 e. The standard InChI is InChI=1S/C16H18N4OS2/c1-21-10-5-9-20-15(14-7-4-11-22-14)18-19-16(20)23-12-13-6-2-3-8-17-13/h2-4,6-8,11H,5,9-10,12H2,1H3. The zero-order valence-electron chi connectivity index (χ0n) is 12.9. The van der Waals surface area contributed by atoms with Crippen LogP contribution in [0.3, 0.4) is 0 Å². The third kappa shape index (κ3) is 4.19. The molecule has 0 unspecified atom stereocenters. The SMILES string of the molecule is COCCCn1c(SCc2ccccn2)nnc1-c1cccs1. The minimum atomic E-state index is 0.729. The molecule has 0 aliphatic rings. The van der Waals surface area contributed by atoms with Gasteiger partial charge in [0, 0.05) is 32.2 Å². The average Bonchev–Trinajstić information content (AvgIpc) is 3.23. The highest BCUT2D eigenvalue weighted by atomic mass is 32.2. The topological polar surface area (TPSA) is 52.8 Å². The first kappa shape index (κ1) is 16.2. The summed E-state index contributed by atoms with van der Waals surface area (Å²) in [6.07, 6.45) is 2.75. The van der Waals surface area contributed by atoms with Crippen molar-refractivity contribution >= 4 is 23.1 Å². The van der Waals surface area contributed by atoms with E-state index in [1.165, 1.54) is 0 Å². The smallest absolute Gasteiger partial charge is 0.191 e. The molecule has 0 spiro atoms. The Morgan fingerprint density at radius 3 is 2.91 bits per heavy atom. The molecule has 0 radical (unpaired) electrons. The lowest BCUT2D eigenvalue weighted by molar-refractivity contribution is 0.189. The molecule has 0 atom stereocenters. The summed E-state index contributed by atoms with van der Waals surface area (Å²) in [6, 6.07) is 10.1. The second-order valence-corrected chi connectivity index (χ2v) is 6.78. The highest BCUT2D eigenvalue weighted by Crippen LogP contribution is 2.28. The van der Waals surface area contributed by atoms with Gasteiger partial charge in [-0.25, -0.2) is 0 Å². The Kier molecular flexibility index (Phi) is 5.79. The van der Waals surface area contributed by atoms with E-state index in [-0.39, 0.29) is 0 Å². The van der Waals surface area contributed by atoms with Crippen molar-refractivity contribution in [2.75, 3.05) is 13.7 Å². The van der Waals surface area contributed by atoms with Gasteiger partial charge in [0.05, 0.1) is 10.6 Å². The summed E-state index contributed by atoms with van der Waals surface area (Å²) >= 11 is 3.35. The molecule has 0 saturated heterocycles. The van der Waals surface area contributed by atoms with E-state index in [0.717, 1.165) is 46.9 Å². The molecule has 0 N–H and O–H groups in total. The van der Waals surface area contributed by atoms with Crippen LogP contribution in [-0.2, 0) is 17.0 Å². The third-order valence-corrected chi connectivity index (χ3v) is 5.13. The number of hydrogen-bond donors (Lipinski definition) is 0. The summed E-state index contributed by atoms with van der Waals surface area (Å²) < 4.78 is 7.35. The second-order valence-electron chi connectivity index (χ2n) is 4.89. The Morgan fingerprint density at radius 1 is 1.22 bits per heavy atom. The van der Waals surface area contributed by atoms with Gasteiger partial charge in [0.25, 0.3) is 0 Å². The van der Waals surface area contributed by atoms with Crippen LogP contribution in [0.25, 0.3) is 10.7 Å². The Hall–Kier alpha value is -1.70. The maximum Gasteiger partial charge on any atom is 0.191 e. The van der Waals surface area contributed by atoms with Crippen LogP contribution in [0.5, 0.6) is 0 Å². The number of hydrogen-bond acceptors (Lipinski definition) is 6. The summed E-state index contributed by atoms with van der Waals surface area (Å²) in [5.41, 5.74) is 1.04. The van der Waals surface area contributed by atoms with Crippen LogP contribution in [0.1, 0.15) is 12.1 Å². The summed E-state index contributed by atoms with van der Waals surface area (Å²) in [6.45, 7) is 1.57. The zero-order chi connectivity index (χ0) is 15.9. The first-order valence-electron chi connectivity index (χ1n) is 7.37. The third-order valence-electron chi connectivity index (χ3n) is 3.26. The number of methoxy groups -OCH3 is 1. The molecular weight excluding hydrogens is 328 g/mol. The molecule has 3 aromatic rings. The second kappa shape index (κ2) is 8.24. The van der Waals surface area contributed by atoms with Crippen molar-refractivity contribution in [3.8, 4) is 10.7 Å². The van der Waals surface area contributed by atoms with E-state index in [1.807, 2.05) is 30.5 Å². The van der Waals surface area contributed by atoms with E-state index >= 15 is 0 Å². The summed E-state index contributed by atoms with van der Waals surface area (Å²) in [4.78, 5) is 5.50. The highest BCUT2D eigenvalue weighted by molar-refractivity contribution is 7.98. The van der Waals surface area contributed by atoms with Crippen molar-refractivity contribution in [2.45, 2.75) is 23.9 Å². The van der Waals surface area contributed by atoms with Crippen molar-refractivity contribution in [3.63, 3.8) is 0 Å². The van der Waals surface area contributed by atoms with Crippen LogP contribution in [-0.4, -0.2) is 33.5 Å². The zero-order valence-corrected chi connectivity index (χ0v) is 14.5. The molecule has 0 saturated carbocycles. The first-order valence-corrected chi connectivity index (χ1v) is 9.23. The van der Waals surface area contributed by atoms with Crippen LogP contribution < -0.4 is 0 Å². The number of aromatic nitrogens is 4. The first-order chi connectivity index (χ1) is 11.4. The molecule has 23 heavy (non-hydrogen) atoms. The number of pyridine rings is 1. The normalized spacial score (nSPS) is 11.0. The Bertz CT molecular complexity index is 713. The summed E-state index contributed by atoms with van der Waals surface area (Å²) in [5.74, 6) is 1.72. The molecule has 0 aliphatic carbocycles. The minimum Gasteiger partial charge on any atom is -0.385 e. The predicted octanol–water partition coefficient (Wildman–Crippen LogP) is 3.73. The molecule has 7 heteroatoms. The Labute approximate surface area is 143 Å². The van der Waals surface area contributed by atoms with E-state index < -0.39 is 0 Å². The maximum atomic E-state index is 5.17. The van der Waals surface area contributed by atoms with E-state index in [1.54, 1.807) is 30.2 Å². The molecule has 0 aliphatic heterocycles. The molecule has 0 bridgehead atoms. The van der Waals surface area contributed by atoms with Crippen molar-refractivity contribution < 1.29 is 4.74 Å². The number of thiophene rings is 1. The number of thioether (sulfide) groups is 1. The van der Waals surface area contributed by atoms with Crippen molar-refractivity contribution in [2.24, 2.45) is 0 Å². The number of nitrogens with zero attached hydrogens (tertiary/aromatic N) is 4. The average molecular weight is 346 g/mol. The fraction of sp³-hybridized carbons (Fsp3) is 0.312. The lowest BCUT2D eigenvalue weighted by Crippen LogP contribution is -2.05. The van der Waals surface area contributed by atoms with Gasteiger partial charge in [-0.05, 0) is 30.0 Å². The fourth-order valence-corrected chi connectivity index (χ4v) is 3.77. The lowest BCUT2D eigenvalue weighted by atomic mass is 10.4. The van der Waals surface area contributed by atoms with Crippen LogP contribution in [0.2, 0.25) is 0 Å². The monoisotopic (exact) mass is 346 g/mol. The molecule has 3 aromatic heterocycles. The molecule has 3 heterocycles. The number of rotatable bonds is 8. The lowest BCUT2D eigenvalue weighted by Gasteiger charge is -2.09. The molecule has 0 fully saturated rings. The maximum absolute atomic E-state index is 5.17. The molecule has 0 amide bonds. The minimum absolute atomic E-state index is 0.729. The predicted molar refractivity (Wildman–Crippen MR) is 93.6 cm³/mol. The van der Waals surface area contributed by atoms with Gasteiger partial charge in [0.1, 0.15) is 0 Å². The molecular formula is C16H18N4OS2. The van der Waals surface area contributed by atoms with Gasteiger partial charge in [-0.2, -0.15) is 0 Å². The molecule has 3 rings (SSSR count). The van der Waals surface area contributed by atoms with E-state index in [0.29, 0.717) is 0 Å². The Morgan fingerprint density at radius 2 is 2.17 bits per heavy atom. The number of ether oxygens (including phenoxy) is 1. The van der Waals surface area contributed by atoms with Crippen LogP contribution in [0.4, 0.5) is 0 Å². The highest BCUT2D eigenvalue weighted by Gasteiger charge is 2.15. The van der Waals surface area contributed by atoms with E-state index in [4.69, 9.17) is 4.74 Å². The van der Waals surface area contributed by atoms with Gasteiger partial charge in [0.2, 0.25) is 0 Å². The van der Waals surface area contributed by atoms with Crippen molar-refractivity contribution in [3.05, 3.63) is 47.6 Å². The van der Waals surface area contributed by atoms with Crippen molar-refractivity contribution in [1.29, 1.82) is 0 Å². The van der Waals surface area contributed by atoms with Gasteiger partial charge < -0.3 is 9.30 Å². The van der Waals surface area contributed by atoms with Gasteiger partial charge >= 0.3 is 0 Å².